The first-order chi connectivity index (χ1) is 7.81. The quantitative estimate of drug-likeness (QED) is 0.857. The van der Waals surface area contributed by atoms with Crippen LogP contribution in [0.15, 0.2) is 18.2 Å². The second-order valence-corrected chi connectivity index (χ2v) is 3.20. The van der Waals surface area contributed by atoms with Gasteiger partial charge in [0.2, 0.25) is 0 Å². The lowest BCUT2D eigenvalue weighted by atomic mass is 10.2. The third-order valence-corrected chi connectivity index (χ3v) is 1.78. The molecule has 0 aliphatic heterocycles. The molecule has 94 valence electrons. The van der Waals surface area contributed by atoms with Gasteiger partial charge < -0.3 is 15.2 Å². The van der Waals surface area contributed by atoms with Crippen molar-refractivity contribution in [2.24, 2.45) is 0 Å². The van der Waals surface area contributed by atoms with Crippen LogP contribution in [0.2, 0.25) is 0 Å². The Kier molecular flexibility index (Phi) is 3.82. The number of nitrogens with one attached hydrogen (secondary N) is 1. The van der Waals surface area contributed by atoms with Crippen LogP contribution in [0.5, 0.6) is 11.5 Å². The fourth-order valence-electron chi connectivity index (χ4n) is 1.11. The van der Waals surface area contributed by atoms with Gasteiger partial charge in [-0.25, -0.2) is 0 Å². The Hall–Kier alpha value is -1.92. The molecule has 0 atom stereocenters. The molecule has 0 unspecified atom stereocenters. The Morgan fingerprint density at radius 2 is 2.06 bits per heavy atom. The van der Waals surface area contributed by atoms with Crippen LogP contribution in [0.3, 0.4) is 0 Å². The number of hydrogen-bond donors (Lipinski definition) is 2. The fourth-order valence-corrected chi connectivity index (χ4v) is 1.11. The van der Waals surface area contributed by atoms with Gasteiger partial charge in [-0.1, -0.05) is 0 Å². The summed E-state index contributed by atoms with van der Waals surface area (Å²) in [4.78, 5) is 11.2. The van der Waals surface area contributed by atoms with E-state index in [4.69, 9.17) is 0 Å². The molecule has 0 saturated heterocycles. The van der Waals surface area contributed by atoms with Crippen LogP contribution in [0.1, 0.15) is 10.4 Å². The molecule has 1 aromatic carbocycles. The van der Waals surface area contributed by atoms with E-state index in [-0.39, 0.29) is 17.1 Å². The standard InChI is InChI=1S/C10H10F3NO3/c1-14-9(16)6-2-7(15)4-8(3-6)17-5-10(11,12)13/h2-4,15H,5H2,1H3,(H,14,16). The predicted octanol–water partition coefficient (Wildman–Crippen LogP) is 1.69. The van der Waals surface area contributed by atoms with E-state index in [1.165, 1.54) is 7.05 Å². The van der Waals surface area contributed by atoms with Crippen LogP contribution < -0.4 is 10.1 Å². The Morgan fingerprint density at radius 1 is 1.41 bits per heavy atom. The van der Waals surface area contributed by atoms with Crippen molar-refractivity contribution in [2.45, 2.75) is 6.18 Å². The highest BCUT2D eigenvalue weighted by molar-refractivity contribution is 5.94. The van der Waals surface area contributed by atoms with Gasteiger partial charge in [0.1, 0.15) is 11.5 Å². The van der Waals surface area contributed by atoms with Gasteiger partial charge in [0.25, 0.3) is 5.91 Å². The number of benzene rings is 1. The van der Waals surface area contributed by atoms with Crippen LogP contribution in [-0.2, 0) is 0 Å². The van der Waals surface area contributed by atoms with Crippen LogP contribution in [0.4, 0.5) is 13.2 Å². The van der Waals surface area contributed by atoms with Gasteiger partial charge in [-0.2, -0.15) is 13.2 Å². The first kappa shape index (κ1) is 13.1. The molecule has 7 heteroatoms. The molecule has 1 aromatic rings. The minimum absolute atomic E-state index is 0.0182. The van der Waals surface area contributed by atoms with E-state index in [2.05, 4.69) is 10.1 Å². The number of ether oxygens (including phenoxy) is 1. The number of alkyl halides is 3. The second kappa shape index (κ2) is 4.94. The van der Waals surface area contributed by atoms with Crippen molar-refractivity contribution in [1.29, 1.82) is 0 Å². The largest absolute Gasteiger partial charge is 0.508 e. The number of phenols is 1. The zero-order valence-corrected chi connectivity index (χ0v) is 8.84. The van der Waals surface area contributed by atoms with Crippen molar-refractivity contribution in [1.82, 2.24) is 5.32 Å². The molecule has 0 spiro atoms. The van der Waals surface area contributed by atoms with Crippen molar-refractivity contribution < 1.29 is 27.8 Å². The van der Waals surface area contributed by atoms with Gasteiger partial charge in [0.15, 0.2) is 6.61 Å². The number of carbonyl (C=O) groups is 1. The summed E-state index contributed by atoms with van der Waals surface area (Å²) in [5, 5.41) is 11.5. The topological polar surface area (TPSA) is 58.6 Å². The van der Waals surface area contributed by atoms with E-state index in [0.29, 0.717) is 0 Å². The Bertz CT molecular complexity index is 418. The lowest BCUT2D eigenvalue weighted by molar-refractivity contribution is -0.153. The number of halogens is 3. The first-order valence-corrected chi connectivity index (χ1v) is 4.57. The summed E-state index contributed by atoms with van der Waals surface area (Å²) in [7, 11) is 1.36. The summed E-state index contributed by atoms with van der Waals surface area (Å²) in [5.74, 6) is -1.10. The molecule has 0 heterocycles. The van der Waals surface area contributed by atoms with E-state index >= 15 is 0 Å². The van der Waals surface area contributed by atoms with Gasteiger partial charge in [-0.05, 0) is 12.1 Å². The molecule has 17 heavy (non-hydrogen) atoms. The van der Waals surface area contributed by atoms with Gasteiger partial charge in [0, 0.05) is 18.7 Å². The summed E-state index contributed by atoms with van der Waals surface area (Å²) in [6.45, 7) is -1.48. The molecule has 1 rings (SSSR count). The van der Waals surface area contributed by atoms with E-state index < -0.39 is 18.7 Å². The number of carbonyl (C=O) groups excluding carboxylic acids is 1. The molecule has 4 nitrogen and oxygen atoms in total. The molecule has 0 radical (unpaired) electrons. The Labute approximate surface area is 95.0 Å². The van der Waals surface area contributed by atoms with Crippen LogP contribution in [-0.4, -0.2) is 30.8 Å². The molecule has 0 aromatic heterocycles. The summed E-state index contributed by atoms with van der Waals surface area (Å²) in [6.07, 6.45) is -4.47. The van der Waals surface area contributed by atoms with Crippen LogP contribution in [0.25, 0.3) is 0 Å². The minimum atomic E-state index is -4.47. The molecule has 0 bridgehead atoms. The highest BCUT2D eigenvalue weighted by atomic mass is 19.4. The Morgan fingerprint density at radius 3 is 2.59 bits per heavy atom. The van der Waals surface area contributed by atoms with Crippen molar-refractivity contribution in [3.63, 3.8) is 0 Å². The predicted molar refractivity (Wildman–Crippen MR) is 53.0 cm³/mol. The highest BCUT2D eigenvalue weighted by Gasteiger charge is 2.28. The lowest BCUT2D eigenvalue weighted by Gasteiger charge is -2.10. The average Bonchev–Trinajstić information content (AvgIpc) is 2.23. The molecular formula is C10H10F3NO3. The smallest absolute Gasteiger partial charge is 0.422 e. The molecular weight excluding hydrogens is 239 g/mol. The summed E-state index contributed by atoms with van der Waals surface area (Å²) >= 11 is 0. The molecule has 0 fully saturated rings. The monoisotopic (exact) mass is 249 g/mol. The zero-order valence-electron chi connectivity index (χ0n) is 8.84. The first-order valence-electron chi connectivity index (χ1n) is 4.57. The van der Waals surface area contributed by atoms with E-state index in [0.717, 1.165) is 18.2 Å². The molecule has 1 amide bonds. The normalized spacial score (nSPS) is 11.1. The maximum absolute atomic E-state index is 11.9. The van der Waals surface area contributed by atoms with E-state index in [1.807, 2.05) is 0 Å². The average molecular weight is 249 g/mol. The van der Waals surface area contributed by atoms with Gasteiger partial charge in [-0.3, -0.25) is 4.79 Å². The summed E-state index contributed by atoms with van der Waals surface area (Å²) in [6, 6.07) is 3.24. The fraction of sp³-hybridized carbons (Fsp3) is 0.300. The Balaban J connectivity index is 2.86. The van der Waals surface area contributed by atoms with Crippen LogP contribution >= 0.6 is 0 Å². The molecule has 0 saturated carbocycles. The number of aromatic hydroxyl groups is 1. The molecule has 2 N–H and O–H groups in total. The maximum Gasteiger partial charge on any atom is 0.422 e. The third-order valence-electron chi connectivity index (χ3n) is 1.78. The summed E-state index contributed by atoms with van der Waals surface area (Å²) in [5.41, 5.74) is 0.0182. The van der Waals surface area contributed by atoms with Crippen molar-refractivity contribution >= 4 is 5.91 Å². The molecule has 0 aliphatic rings. The van der Waals surface area contributed by atoms with E-state index in [1.54, 1.807) is 0 Å². The summed E-state index contributed by atoms with van der Waals surface area (Å²) < 4.78 is 40.1. The van der Waals surface area contributed by atoms with E-state index in [9.17, 15) is 23.1 Å². The van der Waals surface area contributed by atoms with Gasteiger partial charge in [-0.15, -0.1) is 0 Å². The van der Waals surface area contributed by atoms with Crippen molar-refractivity contribution in [3.8, 4) is 11.5 Å². The van der Waals surface area contributed by atoms with Gasteiger partial charge >= 0.3 is 6.18 Å². The van der Waals surface area contributed by atoms with Crippen LogP contribution in [0, 0.1) is 0 Å². The second-order valence-electron chi connectivity index (χ2n) is 3.20. The lowest BCUT2D eigenvalue weighted by Crippen LogP contribution is -2.20. The maximum atomic E-state index is 11.9. The number of phenolic OH excluding ortho intramolecular Hbond substituents is 1. The highest BCUT2D eigenvalue weighted by Crippen LogP contribution is 2.24. The SMILES string of the molecule is CNC(=O)c1cc(O)cc(OCC(F)(F)F)c1. The van der Waals surface area contributed by atoms with Gasteiger partial charge in [0.05, 0.1) is 0 Å². The minimum Gasteiger partial charge on any atom is -0.508 e. The number of hydrogen-bond acceptors (Lipinski definition) is 3. The van der Waals surface area contributed by atoms with Crippen molar-refractivity contribution in [3.05, 3.63) is 23.8 Å². The number of rotatable bonds is 3. The van der Waals surface area contributed by atoms with Crippen molar-refractivity contribution in [2.75, 3.05) is 13.7 Å². The third kappa shape index (κ3) is 4.21. The number of amides is 1. The zero-order chi connectivity index (χ0) is 13.1. The molecule has 0 aliphatic carbocycles.